The zero-order valence-electron chi connectivity index (χ0n) is 22.8. The number of nitrogens with zero attached hydrogens (tertiary/aromatic N) is 2. The quantitative estimate of drug-likeness (QED) is 0.112. The molecule has 2 amide bonds. The van der Waals surface area contributed by atoms with Crippen molar-refractivity contribution in [1.29, 1.82) is 0 Å². The summed E-state index contributed by atoms with van der Waals surface area (Å²) in [6.07, 6.45) is 0.805. The lowest BCUT2D eigenvalue weighted by molar-refractivity contribution is -0.124. The van der Waals surface area contributed by atoms with Crippen LogP contribution in [0.2, 0.25) is 0 Å². The molecular weight excluding hydrogens is 556 g/mol. The molecule has 0 heterocycles. The number of nitrogens with one attached hydrogen (secondary N) is 2. The van der Waals surface area contributed by atoms with Crippen LogP contribution in [0.1, 0.15) is 31.4 Å². The summed E-state index contributed by atoms with van der Waals surface area (Å²) >= 11 is 1.47. The summed E-state index contributed by atoms with van der Waals surface area (Å²) in [5.74, 6) is -0.135. The number of thioether (sulfide) groups is 1. The Bertz CT molecular complexity index is 1210. The van der Waals surface area contributed by atoms with E-state index in [1.54, 1.807) is 0 Å². The molecule has 0 aliphatic carbocycles. The van der Waals surface area contributed by atoms with Gasteiger partial charge in [-0.1, -0.05) is 61.5 Å². The maximum Gasteiger partial charge on any atom is 0.405 e. The van der Waals surface area contributed by atoms with E-state index >= 15 is 0 Å². The van der Waals surface area contributed by atoms with Gasteiger partial charge in [0.2, 0.25) is 15.9 Å². The molecule has 0 unspecified atom stereocenters. The smallest absolute Gasteiger partial charge is 0.405 e. The molecule has 2 aromatic rings. The van der Waals surface area contributed by atoms with Crippen LogP contribution in [0.25, 0.3) is 0 Å². The molecular formula is C27H38N4O7S2. The molecule has 0 spiro atoms. The van der Waals surface area contributed by atoms with Gasteiger partial charge >= 0.3 is 6.09 Å². The summed E-state index contributed by atoms with van der Waals surface area (Å²) in [6.45, 7) is 3.52. The van der Waals surface area contributed by atoms with Crippen LogP contribution < -0.4 is 10.6 Å². The van der Waals surface area contributed by atoms with Crippen molar-refractivity contribution in [2.45, 2.75) is 49.8 Å². The molecule has 11 nitrogen and oxygen atoms in total. The van der Waals surface area contributed by atoms with Gasteiger partial charge in [-0.05, 0) is 54.0 Å². The lowest BCUT2D eigenvalue weighted by atomic mass is 10.00. The molecule has 40 heavy (non-hydrogen) atoms. The van der Waals surface area contributed by atoms with Crippen LogP contribution in [-0.4, -0.2) is 89.6 Å². The van der Waals surface area contributed by atoms with Crippen LogP contribution in [0.15, 0.2) is 64.6 Å². The molecule has 13 heteroatoms. The number of amides is 2. The summed E-state index contributed by atoms with van der Waals surface area (Å²) < 4.78 is 28.4. The number of aliphatic hydroxyl groups excluding tert-OH is 1. The van der Waals surface area contributed by atoms with Gasteiger partial charge < -0.3 is 26.1 Å². The first kappa shape index (κ1) is 33.1. The highest BCUT2D eigenvalue weighted by Crippen LogP contribution is 2.20. The van der Waals surface area contributed by atoms with Gasteiger partial charge in [0.15, 0.2) is 0 Å². The van der Waals surface area contributed by atoms with Gasteiger partial charge in [-0.25, -0.2) is 13.2 Å². The highest BCUT2D eigenvalue weighted by atomic mass is 32.2. The maximum atomic E-state index is 13.6. The summed E-state index contributed by atoms with van der Waals surface area (Å²) in [5.41, 5.74) is 1.31. The number of rotatable bonds is 16. The highest BCUT2D eigenvalue weighted by Gasteiger charge is 2.32. The summed E-state index contributed by atoms with van der Waals surface area (Å²) in [4.78, 5) is 24.4. The first-order valence-electron chi connectivity index (χ1n) is 12.8. The van der Waals surface area contributed by atoms with Crippen LogP contribution in [0.3, 0.4) is 0 Å². The number of hydrogen-bond donors (Lipinski definition) is 5. The van der Waals surface area contributed by atoms with E-state index in [0.717, 1.165) is 5.56 Å². The highest BCUT2D eigenvalue weighted by molar-refractivity contribution is 7.98. The van der Waals surface area contributed by atoms with Gasteiger partial charge in [0, 0.05) is 13.1 Å². The van der Waals surface area contributed by atoms with Crippen molar-refractivity contribution < 1.29 is 33.4 Å². The third-order valence-corrected chi connectivity index (χ3v) is 8.49. The third kappa shape index (κ3) is 10.5. The number of benzene rings is 2. The average molecular weight is 595 g/mol. The third-order valence-electron chi connectivity index (χ3n) is 6.00. The van der Waals surface area contributed by atoms with E-state index in [1.165, 1.54) is 46.5 Å². The van der Waals surface area contributed by atoms with Crippen molar-refractivity contribution in [1.82, 2.24) is 14.9 Å². The van der Waals surface area contributed by atoms with Crippen LogP contribution in [0.5, 0.6) is 0 Å². The van der Waals surface area contributed by atoms with E-state index in [1.807, 2.05) is 50.4 Å². The second kappa shape index (κ2) is 16.2. The van der Waals surface area contributed by atoms with Crippen molar-refractivity contribution in [3.8, 4) is 0 Å². The predicted molar refractivity (Wildman–Crippen MR) is 155 cm³/mol. The molecule has 0 aliphatic rings. The van der Waals surface area contributed by atoms with Crippen molar-refractivity contribution >= 4 is 40.0 Å². The molecule has 220 valence electrons. The Labute approximate surface area is 239 Å². The lowest BCUT2D eigenvalue weighted by Gasteiger charge is -2.31. The topological polar surface area (TPSA) is 169 Å². The molecule has 0 saturated heterocycles. The zero-order chi connectivity index (χ0) is 29.7. The summed E-state index contributed by atoms with van der Waals surface area (Å²) in [5, 5.41) is 37.2. The van der Waals surface area contributed by atoms with Gasteiger partial charge in [0.25, 0.3) is 0 Å². The van der Waals surface area contributed by atoms with Gasteiger partial charge in [-0.3, -0.25) is 4.79 Å². The number of hydrogen-bond acceptors (Lipinski definition) is 8. The van der Waals surface area contributed by atoms with E-state index in [-0.39, 0.29) is 36.7 Å². The minimum Gasteiger partial charge on any atom is -0.465 e. The van der Waals surface area contributed by atoms with Crippen LogP contribution in [0.4, 0.5) is 4.79 Å². The average Bonchev–Trinajstić information content (AvgIpc) is 2.90. The van der Waals surface area contributed by atoms with E-state index in [4.69, 9.17) is 5.21 Å². The molecule has 0 aromatic heterocycles. The molecule has 0 bridgehead atoms. The van der Waals surface area contributed by atoms with Crippen LogP contribution >= 0.6 is 11.8 Å². The Morgan fingerprint density at radius 3 is 2.25 bits per heavy atom. The van der Waals surface area contributed by atoms with Crippen molar-refractivity contribution in [3.05, 3.63) is 65.7 Å². The standard InChI is InChI=1S/C27H38N4O7S2/c1-19(2)17-31(40(37,38)22-11-9-21(10-12-22)16-28-36)18-25(32)24(15-20-7-5-4-6-8-20)29-26(33)23(13-14-39-3)30-27(34)35/h4-12,16,19,23-25,30,32,36H,13-15,17-18H2,1-3H3,(H,29,33)(H,34,35)/t23-,24-,25-/m0/s1. The minimum absolute atomic E-state index is 0.00173. The minimum atomic E-state index is -4.04. The molecule has 0 fully saturated rings. The van der Waals surface area contributed by atoms with E-state index in [2.05, 4.69) is 15.8 Å². The fraction of sp³-hybridized carbons (Fsp3) is 0.444. The molecule has 0 radical (unpaired) electrons. The lowest BCUT2D eigenvalue weighted by Crippen LogP contribution is -2.55. The largest absolute Gasteiger partial charge is 0.465 e. The fourth-order valence-electron chi connectivity index (χ4n) is 4.04. The Hall–Kier alpha value is -3.13. The number of carbonyl (C=O) groups is 2. The SMILES string of the molecule is CSCC[C@H](NC(=O)O)C(=O)N[C@@H](Cc1ccccc1)[C@@H](O)CN(CC(C)C)S(=O)(=O)c1ccc(C=NO)cc1. The molecule has 5 N–H and O–H groups in total. The number of carbonyl (C=O) groups excluding carboxylic acids is 1. The van der Waals surface area contributed by atoms with E-state index in [9.17, 15) is 28.2 Å². The second-order valence-corrected chi connectivity index (χ2v) is 12.6. The number of sulfonamides is 1. The number of aliphatic hydroxyl groups is 1. The molecule has 0 saturated carbocycles. The first-order chi connectivity index (χ1) is 19.0. The Balaban J connectivity index is 2.36. The molecule has 3 atom stereocenters. The molecule has 0 aliphatic heterocycles. The number of oxime groups is 1. The normalized spacial score (nSPS) is 14.2. The Morgan fingerprint density at radius 1 is 1.05 bits per heavy atom. The zero-order valence-corrected chi connectivity index (χ0v) is 24.4. The van der Waals surface area contributed by atoms with Crippen LogP contribution in [-0.2, 0) is 21.2 Å². The van der Waals surface area contributed by atoms with Crippen LogP contribution in [0, 0.1) is 5.92 Å². The fourth-order valence-corrected chi connectivity index (χ4v) is 6.14. The predicted octanol–water partition coefficient (Wildman–Crippen LogP) is 2.62. The van der Waals surface area contributed by atoms with Crippen molar-refractivity contribution in [3.63, 3.8) is 0 Å². The molecule has 2 rings (SSSR count). The van der Waals surface area contributed by atoms with Gasteiger partial charge in [0.1, 0.15) is 6.04 Å². The maximum absolute atomic E-state index is 13.6. The van der Waals surface area contributed by atoms with E-state index < -0.39 is 40.2 Å². The Kier molecular flexibility index (Phi) is 13.4. The first-order valence-corrected chi connectivity index (χ1v) is 15.6. The van der Waals surface area contributed by atoms with E-state index in [0.29, 0.717) is 11.3 Å². The summed E-state index contributed by atoms with van der Waals surface area (Å²) in [7, 11) is -4.04. The van der Waals surface area contributed by atoms with Gasteiger partial charge in [-0.15, -0.1) is 0 Å². The van der Waals surface area contributed by atoms with Gasteiger partial charge in [-0.2, -0.15) is 16.1 Å². The van der Waals surface area contributed by atoms with Crippen molar-refractivity contribution in [2.24, 2.45) is 11.1 Å². The van der Waals surface area contributed by atoms with Gasteiger partial charge in [0.05, 0.1) is 23.3 Å². The number of carboxylic acid groups (broad SMARTS) is 1. The Morgan fingerprint density at radius 2 is 1.70 bits per heavy atom. The van der Waals surface area contributed by atoms with Crippen molar-refractivity contribution in [2.75, 3.05) is 25.1 Å². The summed E-state index contributed by atoms with van der Waals surface area (Å²) in [6, 6.07) is 13.0. The molecule has 2 aromatic carbocycles. The monoisotopic (exact) mass is 594 g/mol. The second-order valence-electron chi connectivity index (χ2n) is 9.69.